The molecule has 0 bridgehead atoms. The van der Waals surface area contributed by atoms with Crippen LogP contribution in [0.5, 0.6) is 5.75 Å². The summed E-state index contributed by atoms with van der Waals surface area (Å²) in [6.07, 6.45) is 3.26. The normalized spacial score (nSPS) is 13.9. The van der Waals surface area contributed by atoms with E-state index in [0.29, 0.717) is 22.0 Å². The Morgan fingerprint density at radius 2 is 1.93 bits per heavy atom. The molecule has 1 N–H and O–H groups in total. The van der Waals surface area contributed by atoms with E-state index in [1.807, 2.05) is 17.5 Å². The highest BCUT2D eigenvalue weighted by atomic mass is 35.5. The van der Waals surface area contributed by atoms with Gasteiger partial charge in [0.05, 0.1) is 24.3 Å². The molecule has 0 radical (unpaired) electrons. The van der Waals surface area contributed by atoms with Crippen molar-refractivity contribution < 1.29 is 14.3 Å². The van der Waals surface area contributed by atoms with Gasteiger partial charge in [-0.05, 0) is 47.3 Å². The number of hydrogen-bond acceptors (Lipinski definition) is 6. The monoisotopic (exact) mass is 425 g/mol. The van der Waals surface area contributed by atoms with Crippen LogP contribution in [0.15, 0.2) is 65.9 Å². The second kappa shape index (κ2) is 8.06. The zero-order valence-electron chi connectivity index (χ0n) is 15.4. The lowest BCUT2D eigenvalue weighted by Crippen LogP contribution is -2.31. The van der Waals surface area contributed by atoms with Crippen LogP contribution < -0.4 is 10.1 Å². The quantitative estimate of drug-likeness (QED) is 0.599. The van der Waals surface area contributed by atoms with Crippen LogP contribution in [0, 0.1) is 0 Å². The minimum Gasteiger partial charge on any atom is -0.495 e. The molecule has 0 spiro atoms. The van der Waals surface area contributed by atoms with Crippen molar-refractivity contribution in [2.75, 3.05) is 12.4 Å². The lowest BCUT2D eigenvalue weighted by Gasteiger charge is -2.15. The van der Waals surface area contributed by atoms with Crippen LogP contribution >= 0.6 is 22.9 Å². The number of ether oxygens (including phenoxy) is 1. The van der Waals surface area contributed by atoms with Crippen molar-refractivity contribution >= 4 is 46.0 Å². The standard InChI is InChI=1S/C21H16ClN3O3S/c1-28-16-5-4-14(11-15(16)22)24-19-18(17-3-2-10-29-17)20(26)25(21(19)27)12-13-6-8-23-9-7-13/h2-11,24H,12H2,1H3. The number of pyridine rings is 1. The van der Waals surface area contributed by atoms with Gasteiger partial charge >= 0.3 is 0 Å². The number of carbonyl (C=O) groups excluding carboxylic acids is 2. The summed E-state index contributed by atoms with van der Waals surface area (Å²) in [5.41, 5.74) is 1.99. The van der Waals surface area contributed by atoms with Gasteiger partial charge in [-0.2, -0.15) is 0 Å². The molecule has 1 aromatic carbocycles. The molecule has 29 heavy (non-hydrogen) atoms. The smallest absolute Gasteiger partial charge is 0.278 e. The Kier molecular flexibility index (Phi) is 5.33. The molecular weight excluding hydrogens is 410 g/mol. The molecule has 0 aliphatic carbocycles. The fourth-order valence-electron chi connectivity index (χ4n) is 3.04. The van der Waals surface area contributed by atoms with Crippen molar-refractivity contribution in [1.29, 1.82) is 0 Å². The summed E-state index contributed by atoms with van der Waals surface area (Å²) >= 11 is 7.61. The number of carbonyl (C=O) groups is 2. The Morgan fingerprint density at radius 1 is 1.14 bits per heavy atom. The summed E-state index contributed by atoms with van der Waals surface area (Å²) < 4.78 is 5.17. The number of methoxy groups -OCH3 is 1. The molecule has 0 saturated heterocycles. The van der Waals surface area contributed by atoms with Gasteiger partial charge in [-0.3, -0.25) is 19.5 Å². The SMILES string of the molecule is COc1ccc(NC2=C(c3cccs3)C(=O)N(Cc3ccncc3)C2=O)cc1Cl. The van der Waals surface area contributed by atoms with Crippen LogP contribution in [0.4, 0.5) is 5.69 Å². The van der Waals surface area contributed by atoms with Gasteiger partial charge in [0.25, 0.3) is 11.8 Å². The van der Waals surface area contributed by atoms with Crippen molar-refractivity contribution in [3.8, 4) is 5.75 Å². The van der Waals surface area contributed by atoms with Crippen molar-refractivity contribution in [2.45, 2.75) is 6.54 Å². The Morgan fingerprint density at radius 3 is 2.59 bits per heavy atom. The molecule has 0 unspecified atom stereocenters. The first kappa shape index (κ1) is 19.2. The second-order valence-electron chi connectivity index (χ2n) is 6.25. The van der Waals surface area contributed by atoms with Crippen molar-refractivity contribution in [3.05, 3.63) is 81.4 Å². The minimum absolute atomic E-state index is 0.170. The maximum atomic E-state index is 13.2. The largest absolute Gasteiger partial charge is 0.495 e. The molecule has 2 aromatic heterocycles. The van der Waals surface area contributed by atoms with E-state index in [1.54, 1.807) is 42.7 Å². The molecule has 1 aliphatic rings. The topological polar surface area (TPSA) is 71.5 Å². The average molecular weight is 426 g/mol. The predicted molar refractivity (Wildman–Crippen MR) is 113 cm³/mol. The maximum Gasteiger partial charge on any atom is 0.278 e. The van der Waals surface area contributed by atoms with Gasteiger partial charge < -0.3 is 10.1 Å². The van der Waals surface area contributed by atoms with Gasteiger partial charge in [0.2, 0.25) is 0 Å². The lowest BCUT2D eigenvalue weighted by atomic mass is 10.2. The highest BCUT2D eigenvalue weighted by molar-refractivity contribution is 7.11. The Labute approximate surface area is 176 Å². The van der Waals surface area contributed by atoms with Gasteiger partial charge in [-0.25, -0.2) is 0 Å². The first-order valence-electron chi connectivity index (χ1n) is 8.72. The molecule has 3 aromatic rings. The van der Waals surface area contributed by atoms with Gasteiger partial charge in [0, 0.05) is 23.0 Å². The molecule has 0 saturated carbocycles. The number of anilines is 1. The lowest BCUT2D eigenvalue weighted by molar-refractivity contribution is -0.137. The van der Waals surface area contributed by atoms with E-state index in [0.717, 1.165) is 10.4 Å². The van der Waals surface area contributed by atoms with E-state index >= 15 is 0 Å². The number of hydrogen-bond donors (Lipinski definition) is 1. The third-order valence-electron chi connectivity index (χ3n) is 4.45. The highest BCUT2D eigenvalue weighted by Crippen LogP contribution is 2.35. The molecule has 4 rings (SSSR count). The van der Waals surface area contributed by atoms with E-state index < -0.39 is 0 Å². The number of imide groups is 1. The van der Waals surface area contributed by atoms with Gasteiger partial charge in [-0.15, -0.1) is 11.3 Å². The fraction of sp³-hybridized carbons (Fsp3) is 0.0952. The highest BCUT2D eigenvalue weighted by Gasteiger charge is 2.39. The van der Waals surface area contributed by atoms with E-state index in [1.165, 1.54) is 23.3 Å². The molecular formula is C21H16ClN3O3S. The average Bonchev–Trinajstić information content (AvgIpc) is 3.32. The van der Waals surface area contributed by atoms with Crippen LogP contribution in [0.1, 0.15) is 10.4 Å². The minimum atomic E-state index is -0.387. The van der Waals surface area contributed by atoms with Crippen LogP contribution in [0.2, 0.25) is 5.02 Å². The Hall–Kier alpha value is -3.16. The van der Waals surface area contributed by atoms with Crippen LogP contribution in [-0.2, 0) is 16.1 Å². The van der Waals surface area contributed by atoms with Crippen LogP contribution in [0.25, 0.3) is 5.57 Å². The summed E-state index contributed by atoms with van der Waals surface area (Å²) in [6, 6.07) is 12.3. The van der Waals surface area contributed by atoms with Crippen LogP contribution in [0.3, 0.4) is 0 Å². The number of benzene rings is 1. The zero-order chi connectivity index (χ0) is 20.4. The zero-order valence-corrected chi connectivity index (χ0v) is 17.0. The first-order chi connectivity index (χ1) is 14.1. The number of aromatic nitrogens is 1. The maximum absolute atomic E-state index is 13.2. The number of halogens is 1. The number of nitrogens with zero attached hydrogens (tertiary/aromatic N) is 2. The fourth-order valence-corrected chi connectivity index (χ4v) is 4.07. The van der Waals surface area contributed by atoms with Crippen molar-refractivity contribution in [3.63, 3.8) is 0 Å². The number of nitrogens with one attached hydrogen (secondary N) is 1. The third kappa shape index (κ3) is 3.74. The summed E-state index contributed by atoms with van der Waals surface area (Å²) in [4.78, 5) is 32.2. The first-order valence-corrected chi connectivity index (χ1v) is 9.98. The predicted octanol–water partition coefficient (Wildman–Crippen LogP) is 4.20. The van der Waals surface area contributed by atoms with Gasteiger partial charge in [0.15, 0.2) is 0 Å². The summed E-state index contributed by atoms with van der Waals surface area (Å²) in [5, 5.41) is 5.36. The molecule has 2 amide bonds. The van der Waals surface area contributed by atoms with Gasteiger partial charge in [0.1, 0.15) is 11.4 Å². The third-order valence-corrected chi connectivity index (χ3v) is 5.63. The van der Waals surface area contributed by atoms with Crippen molar-refractivity contribution in [1.82, 2.24) is 9.88 Å². The molecule has 3 heterocycles. The number of rotatable bonds is 6. The van der Waals surface area contributed by atoms with Crippen LogP contribution in [-0.4, -0.2) is 28.8 Å². The second-order valence-corrected chi connectivity index (χ2v) is 7.61. The van der Waals surface area contributed by atoms with E-state index in [-0.39, 0.29) is 24.1 Å². The molecule has 8 heteroatoms. The molecule has 1 aliphatic heterocycles. The summed E-state index contributed by atoms with van der Waals surface area (Å²) in [6.45, 7) is 0.170. The molecule has 0 fully saturated rings. The van der Waals surface area contributed by atoms with Gasteiger partial charge in [-0.1, -0.05) is 17.7 Å². The van der Waals surface area contributed by atoms with Crippen molar-refractivity contribution in [2.24, 2.45) is 0 Å². The number of amides is 2. The number of thiophene rings is 1. The summed E-state index contributed by atoms with van der Waals surface area (Å²) in [7, 11) is 1.53. The Balaban J connectivity index is 1.70. The molecule has 6 nitrogen and oxygen atoms in total. The molecule has 0 atom stereocenters. The molecule has 146 valence electrons. The van der Waals surface area contributed by atoms with E-state index in [2.05, 4.69) is 10.3 Å². The van der Waals surface area contributed by atoms with E-state index in [4.69, 9.17) is 16.3 Å². The summed E-state index contributed by atoms with van der Waals surface area (Å²) in [5.74, 6) is -0.198. The Bertz CT molecular complexity index is 1100. The van der Waals surface area contributed by atoms with E-state index in [9.17, 15) is 9.59 Å².